The molecule has 15 heavy (non-hydrogen) atoms. The molecule has 88 valence electrons. The third kappa shape index (κ3) is 4.60. The van der Waals surface area contributed by atoms with Crippen LogP contribution in [0.15, 0.2) is 0 Å². The fourth-order valence-electron chi connectivity index (χ4n) is 0.801. The lowest BCUT2D eigenvalue weighted by molar-refractivity contribution is -0.123. The highest BCUT2D eigenvalue weighted by atomic mass is 32.1. The van der Waals surface area contributed by atoms with E-state index in [0.717, 1.165) is 0 Å². The number of carbonyl (C=O) groups is 1. The fraction of sp³-hybridized carbons (Fsp3) is 0.818. The van der Waals surface area contributed by atoms with Crippen molar-refractivity contribution in [2.45, 2.75) is 34.6 Å². The van der Waals surface area contributed by atoms with E-state index in [2.05, 4.69) is 33.0 Å². The molecule has 0 saturated carbocycles. The number of carbonyl (C=O) groups excluding carboxylic acids is 1. The summed E-state index contributed by atoms with van der Waals surface area (Å²) in [5, 5.41) is 2.88. The Bertz CT molecular complexity index is 249. The monoisotopic (exact) mass is 230 g/mol. The van der Waals surface area contributed by atoms with Gasteiger partial charge in [-0.3, -0.25) is 4.79 Å². The first-order chi connectivity index (χ1) is 6.68. The van der Waals surface area contributed by atoms with E-state index in [9.17, 15) is 4.79 Å². The van der Waals surface area contributed by atoms with E-state index in [0.29, 0.717) is 12.5 Å². The number of rotatable bonds is 5. The number of thiocarbonyl (C=S) groups is 1. The van der Waals surface area contributed by atoms with Gasteiger partial charge in [0, 0.05) is 6.54 Å². The van der Waals surface area contributed by atoms with Gasteiger partial charge in [0.25, 0.3) is 0 Å². The van der Waals surface area contributed by atoms with Gasteiger partial charge < -0.3 is 11.1 Å². The minimum Gasteiger partial charge on any atom is -0.393 e. The molecule has 0 aromatic carbocycles. The molecule has 0 aliphatic heterocycles. The molecule has 1 atom stereocenters. The molecule has 0 saturated heterocycles. The van der Waals surface area contributed by atoms with E-state index in [1.54, 1.807) is 6.92 Å². The average molecular weight is 230 g/mol. The topological polar surface area (TPSA) is 55.1 Å². The van der Waals surface area contributed by atoms with Gasteiger partial charge in [-0.2, -0.15) is 0 Å². The summed E-state index contributed by atoms with van der Waals surface area (Å²) >= 11 is 4.77. The van der Waals surface area contributed by atoms with Crippen molar-refractivity contribution >= 4 is 23.1 Å². The van der Waals surface area contributed by atoms with Gasteiger partial charge in [0.05, 0.1) is 10.9 Å². The zero-order chi connectivity index (χ0) is 12.2. The summed E-state index contributed by atoms with van der Waals surface area (Å²) < 4.78 is 0. The van der Waals surface area contributed by atoms with Crippen LogP contribution < -0.4 is 11.1 Å². The van der Waals surface area contributed by atoms with Crippen LogP contribution >= 0.6 is 12.2 Å². The van der Waals surface area contributed by atoms with E-state index in [-0.39, 0.29) is 22.2 Å². The largest absolute Gasteiger partial charge is 0.393 e. The van der Waals surface area contributed by atoms with Crippen molar-refractivity contribution in [3.63, 3.8) is 0 Å². The molecule has 0 bridgehead atoms. The van der Waals surface area contributed by atoms with Crippen LogP contribution in [0, 0.1) is 17.3 Å². The molecule has 0 spiro atoms. The van der Waals surface area contributed by atoms with Crippen molar-refractivity contribution in [1.82, 2.24) is 5.32 Å². The van der Waals surface area contributed by atoms with Crippen LogP contribution in [0.2, 0.25) is 0 Å². The Morgan fingerprint density at radius 3 is 2.20 bits per heavy atom. The molecule has 0 aliphatic carbocycles. The summed E-state index contributed by atoms with van der Waals surface area (Å²) in [4.78, 5) is 11.8. The Kier molecular flexibility index (Phi) is 5.21. The molecule has 1 amide bonds. The molecule has 3 N–H and O–H groups in total. The van der Waals surface area contributed by atoms with Gasteiger partial charge in [0.2, 0.25) is 5.91 Å². The average Bonchev–Trinajstić information content (AvgIpc) is 2.12. The predicted octanol–water partition coefficient (Wildman–Crippen LogP) is 1.71. The normalized spacial score (nSPS) is 13.7. The molecule has 0 aromatic rings. The molecule has 0 heterocycles. The molecule has 0 aliphatic rings. The zero-order valence-electron chi connectivity index (χ0n) is 10.3. The number of amides is 1. The van der Waals surface area contributed by atoms with Gasteiger partial charge in [-0.1, -0.05) is 39.9 Å². The van der Waals surface area contributed by atoms with E-state index in [1.165, 1.54) is 0 Å². The highest BCUT2D eigenvalue weighted by Crippen LogP contribution is 2.24. The lowest BCUT2D eigenvalue weighted by Gasteiger charge is -2.29. The fourth-order valence-corrected chi connectivity index (χ4v) is 0.908. The standard InChI is InChI=1S/C11H22N2OS/c1-7(2)11(4,5)6-13-10(14)8(3)9(12)15/h7-8H,6H2,1-5H3,(H2,12,15)(H,13,14). The maximum Gasteiger partial charge on any atom is 0.229 e. The van der Waals surface area contributed by atoms with E-state index >= 15 is 0 Å². The number of nitrogens with one attached hydrogen (secondary N) is 1. The number of hydrogen-bond donors (Lipinski definition) is 2. The third-order valence-electron chi connectivity index (χ3n) is 3.10. The summed E-state index contributed by atoms with van der Waals surface area (Å²) in [7, 11) is 0. The van der Waals surface area contributed by atoms with Crippen LogP contribution in [0.3, 0.4) is 0 Å². The molecule has 0 fully saturated rings. The van der Waals surface area contributed by atoms with Gasteiger partial charge in [-0.15, -0.1) is 0 Å². The minimum atomic E-state index is -0.386. The second-order valence-corrected chi connectivity index (χ2v) is 5.46. The van der Waals surface area contributed by atoms with E-state index < -0.39 is 0 Å². The smallest absolute Gasteiger partial charge is 0.229 e. The van der Waals surface area contributed by atoms with Crippen LogP contribution in [0.25, 0.3) is 0 Å². The highest BCUT2D eigenvalue weighted by molar-refractivity contribution is 7.80. The Labute approximate surface area is 97.8 Å². The molecule has 0 aromatic heterocycles. The molecular formula is C11H22N2OS. The van der Waals surface area contributed by atoms with Crippen LogP contribution in [0.5, 0.6) is 0 Å². The van der Waals surface area contributed by atoms with Crippen LogP contribution in [0.4, 0.5) is 0 Å². The van der Waals surface area contributed by atoms with E-state index in [1.807, 2.05) is 0 Å². The third-order valence-corrected chi connectivity index (χ3v) is 3.45. The highest BCUT2D eigenvalue weighted by Gasteiger charge is 2.24. The van der Waals surface area contributed by atoms with Crippen LogP contribution in [-0.4, -0.2) is 17.4 Å². The first kappa shape index (κ1) is 14.4. The zero-order valence-corrected chi connectivity index (χ0v) is 11.1. The molecule has 3 nitrogen and oxygen atoms in total. The first-order valence-corrected chi connectivity index (χ1v) is 5.66. The van der Waals surface area contributed by atoms with Crippen LogP contribution in [-0.2, 0) is 4.79 Å². The Hall–Kier alpha value is -0.640. The number of nitrogens with two attached hydrogens (primary N) is 1. The molecular weight excluding hydrogens is 208 g/mol. The summed E-state index contributed by atoms with van der Waals surface area (Å²) in [6.45, 7) is 10.9. The van der Waals surface area contributed by atoms with Crippen molar-refractivity contribution in [3.05, 3.63) is 0 Å². The maximum absolute atomic E-state index is 11.6. The molecule has 1 unspecified atom stereocenters. The van der Waals surface area contributed by atoms with Gasteiger partial charge in [0.15, 0.2) is 0 Å². The second-order valence-electron chi connectivity index (χ2n) is 4.99. The molecule has 4 heteroatoms. The molecule has 0 radical (unpaired) electrons. The Morgan fingerprint density at radius 2 is 1.87 bits per heavy atom. The van der Waals surface area contributed by atoms with Crippen molar-refractivity contribution in [3.8, 4) is 0 Å². The van der Waals surface area contributed by atoms with Crippen molar-refractivity contribution in [2.24, 2.45) is 23.0 Å². The lowest BCUT2D eigenvalue weighted by atomic mass is 9.81. The Morgan fingerprint density at radius 1 is 1.40 bits per heavy atom. The maximum atomic E-state index is 11.6. The van der Waals surface area contributed by atoms with Crippen molar-refractivity contribution in [1.29, 1.82) is 0 Å². The van der Waals surface area contributed by atoms with Crippen molar-refractivity contribution in [2.75, 3.05) is 6.54 Å². The van der Waals surface area contributed by atoms with Crippen LogP contribution in [0.1, 0.15) is 34.6 Å². The lowest BCUT2D eigenvalue weighted by Crippen LogP contribution is -2.42. The summed E-state index contributed by atoms with van der Waals surface area (Å²) in [5.41, 5.74) is 5.50. The summed E-state index contributed by atoms with van der Waals surface area (Å²) in [5.74, 6) is 0.0390. The number of hydrogen-bond acceptors (Lipinski definition) is 2. The van der Waals surface area contributed by atoms with E-state index in [4.69, 9.17) is 18.0 Å². The quantitative estimate of drug-likeness (QED) is 0.707. The summed E-state index contributed by atoms with van der Waals surface area (Å²) in [6.07, 6.45) is 0. The van der Waals surface area contributed by atoms with Gasteiger partial charge in [-0.05, 0) is 18.3 Å². The Balaban J connectivity index is 4.17. The second kappa shape index (κ2) is 5.45. The first-order valence-electron chi connectivity index (χ1n) is 5.25. The van der Waals surface area contributed by atoms with Gasteiger partial charge in [-0.25, -0.2) is 0 Å². The minimum absolute atomic E-state index is 0.0868. The predicted molar refractivity (Wildman–Crippen MR) is 67.6 cm³/mol. The SMILES string of the molecule is CC(C(=O)NCC(C)(C)C(C)C)C(N)=S. The van der Waals surface area contributed by atoms with Gasteiger partial charge >= 0.3 is 0 Å². The van der Waals surface area contributed by atoms with Gasteiger partial charge in [0.1, 0.15) is 0 Å². The summed E-state index contributed by atoms with van der Waals surface area (Å²) in [6, 6.07) is 0. The van der Waals surface area contributed by atoms with Crippen molar-refractivity contribution < 1.29 is 4.79 Å². The molecule has 0 rings (SSSR count).